The molecule has 16 heavy (non-hydrogen) atoms. The smallest absolute Gasteiger partial charge is 0.294 e. The maximum absolute atomic E-state index is 9.94. The molecule has 0 N–H and O–H groups in total. The molecule has 0 amide bonds. The number of carbonyl (C=O) groups excluding carboxylic acids is 1. The number of halogens is 1. The molecule has 0 aliphatic carbocycles. The van der Waals surface area contributed by atoms with Crippen molar-refractivity contribution in [2.45, 2.75) is 6.92 Å². The molecule has 0 aromatic heterocycles. The summed E-state index contributed by atoms with van der Waals surface area (Å²) < 4.78 is 4.50. The normalized spacial score (nSPS) is 10.4. The number of ether oxygens (including phenoxy) is 1. The molecule has 0 fully saturated rings. The minimum Gasteiger partial charge on any atom is -0.445 e. The van der Waals surface area contributed by atoms with Crippen LogP contribution in [0.3, 0.4) is 0 Å². The van der Waals surface area contributed by atoms with Crippen LogP contribution < -0.4 is 0 Å². The number of aryl methyl sites for hydroxylation is 1. The van der Waals surface area contributed by atoms with Crippen LogP contribution in [0.4, 0.5) is 5.69 Å². The third-order valence-electron chi connectivity index (χ3n) is 1.79. The number of nitrogens with zero attached hydrogens (tertiary/aromatic N) is 3. The van der Waals surface area contributed by atoms with Crippen molar-refractivity contribution in [3.8, 4) is 0 Å². The summed E-state index contributed by atoms with van der Waals surface area (Å²) in [6.07, 6.45) is 0. The Morgan fingerprint density at radius 2 is 2.31 bits per heavy atom. The highest BCUT2D eigenvalue weighted by Gasteiger charge is 1.98. The second-order valence-corrected chi connectivity index (χ2v) is 3.61. The van der Waals surface area contributed by atoms with Gasteiger partial charge >= 0.3 is 0 Å². The Labute approximate surface area is 98.6 Å². The highest BCUT2D eigenvalue weighted by atomic mass is 35.5. The first-order valence-electron chi connectivity index (χ1n) is 4.57. The van der Waals surface area contributed by atoms with Gasteiger partial charge in [0.15, 0.2) is 6.73 Å². The maximum Gasteiger partial charge on any atom is 0.294 e. The van der Waals surface area contributed by atoms with Gasteiger partial charge in [-0.3, -0.25) is 4.79 Å². The van der Waals surface area contributed by atoms with E-state index in [1.165, 1.54) is 5.01 Å². The number of rotatable bonds is 5. The van der Waals surface area contributed by atoms with Gasteiger partial charge in [0.2, 0.25) is 0 Å². The SMILES string of the molecule is Cc1cc(Cl)ccc1/N=N/N(C)COC=O. The predicted octanol–water partition coefficient (Wildman–Crippen LogP) is 2.71. The van der Waals surface area contributed by atoms with Gasteiger partial charge in [0.1, 0.15) is 0 Å². The molecule has 0 bridgehead atoms. The molecule has 0 atom stereocenters. The molecule has 86 valence electrons. The van der Waals surface area contributed by atoms with Crippen LogP contribution in [-0.4, -0.2) is 25.3 Å². The third-order valence-corrected chi connectivity index (χ3v) is 2.03. The molecular formula is C10H12ClN3O2. The Morgan fingerprint density at radius 3 is 2.94 bits per heavy atom. The van der Waals surface area contributed by atoms with E-state index in [0.29, 0.717) is 11.5 Å². The fourth-order valence-electron chi connectivity index (χ4n) is 1.02. The second-order valence-electron chi connectivity index (χ2n) is 3.17. The molecule has 0 unspecified atom stereocenters. The topological polar surface area (TPSA) is 54.3 Å². The van der Waals surface area contributed by atoms with Gasteiger partial charge in [-0.1, -0.05) is 16.8 Å². The summed E-state index contributed by atoms with van der Waals surface area (Å²) in [6.45, 7) is 2.32. The lowest BCUT2D eigenvalue weighted by atomic mass is 10.2. The fraction of sp³-hybridized carbons (Fsp3) is 0.300. The van der Waals surface area contributed by atoms with Gasteiger partial charge in [0, 0.05) is 12.1 Å². The molecule has 0 radical (unpaired) electrons. The Bertz CT molecular complexity index is 396. The van der Waals surface area contributed by atoms with E-state index >= 15 is 0 Å². The Balaban J connectivity index is 2.65. The van der Waals surface area contributed by atoms with Gasteiger partial charge in [-0.25, -0.2) is 5.01 Å². The van der Waals surface area contributed by atoms with E-state index < -0.39 is 0 Å². The monoisotopic (exact) mass is 241 g/mol. The molecule has 0 saturated heterocycles. The molecule has 5 nitrogen and oxygen atoms in total. The molecule has 0 heterocycles. The summed E-state index contributed by atoms with van der Waals surface area (Å²) in [5.41, 5.74) is 1.66. The van der Waals surface area contributed by atoms with Crippen molar-refractivity contribution in [1.29, 1.82) is 0 Å². The van der Waals surface area contributed by atoms with Crippen molar-refractivity contribution in [1.82, 2.24) is 5.01 Å². The van der Waals surface area contributed by atoms with E-state index in [2.05, 4.69) is 15.1 Å². The van der Waals surface area contributed by atoms with Crippen LogP contribution in [0.5, 0.6) is 0 Å². The van der Waals surface area contributed by atoms with Crippen molar-refractivity contribution in [3.63, 3.8) is 0 Å². The number of hydrogen-bond acceptors (Lipinski definition) is 4. The number of carbonyl (C=O) groups is 1. The zero-order valence-electron chi connectivity index (χ0n) is 9.05. The van der Waals surface area contributed by atoms with E-state index in [1.54, 1.807) is 25.2 Å². The lowest BCUT2D eigenvalue weighted by molar-refractivity contribution is -0.132. The zero-order chi connectivity index (χ0) is 12.0. The molecular weight excluding hydrogens is 230 g/mol. The van der Waals surface area contributed by atoms with Gasteiger partial charge < -0.3 is 4.74 Å². The van der Waals surface area contributed by atoms with Crippen molar-refractivity contribution in [3.05, 3.63) is 28.8 Å². The third kappa shape index (κ3) is 3.86. The van der Waals surface area contributed by atoms with Crippen molar-refractivity contribution >= 4 is 23.8 Å². The first kappa shape index (κ1) is 12.4. The molecule has 0 saturated carbocycles. The Kier molecular flexibility index (Phi) is 4.72. The first-order valence-corrected chi connectivity index (χ1v) is 4.95. The molecule has 0 aliphatic rings. The van der Waals surface area contributed by atoms with E-state index in [-0.39, 0.29) is 6.73 Å². The fourth-order valence-corrected chi connectivity index (χ4v) is 1.25. The second kappa shape index (κ2) is 6.07. The lowest BCUT2D eigenvalue weighted by Crippen LogP contribution is -2.13. The van der Waals surface area contributed by atoms with Gasteiger partial charge in [-0.2, -0.15) is 0 Å². The quantitative estimate of drug-likeness (QED) is 0.345. The van der Waals surface area contributed by atoms with Gasteiger partial charge in [0.25, 0.3) is 6.47 Å². The minimum atomic E-state index is 0.0691. The summed E-state index contributed by atoms with van der Waals surface area (Å²) in [7, 11) is 1.65. The molecule has 1 aromatic rings. The predicted molar refractivity (Wildman–Crippen MR) is 60.5 cm³/mol. The van der Waals surface area contributed by atoms with E-state index in [1.807, 2.05) is 6.92 Å². The summed E-state index contributed by atoms with van der Waals surface area (Å²) in [6, 6.07) is 5.32. The van der Waals surface area contributed by atoms with Crippen molar-refractivity contribution < 1.29 is 9.53 Å². The molecule has 6 heteroatoms. The highest BCUT2D eigenvalue weighted by Crippen LogP contribution is 2.22. The van der Waals surface area contributed by atoms with Crippen molar-refractivity contribution in [2.75, 3.05) is 13.8 Å². The summed E-state index contributed by atoms with van der Waals surface area (Å²) in [5.74, 6) is 0. The van der Waals surface area contributed by atoms with Crippen LogP contribution in [0.1, 0.15) is 5.56 Å². The van der Waals surface area contributed by atoms with Crippen LogP contribution in [0.2, 0.25) is 5.02 Å². The minimum absolute atomic E-state index is 0.0691. The van der Waals surface area contributed by atoms with E-state index in [4.69, 9.17) is 11.6 Å². The average Bonchev–Trinajstić information content (AvgIpc) is 2.25. The summed E-state index contributed by atoms with van der Waals surface area (Å²) in [5, 5.41) is 9.92. The number of hydrogen-bond donors (Lipinski definition) is 0. The van der Waals surface area contributed by atoms with Crippen molar-refractivity contribution in [2.24, 2.45) is 10.3 Å². The standard InChI is InChI=1S/C10H12ClN3O2/c1-8-5-9(11)3-4-10(8)12-13-14(2)6-16-7-15/h3-5,7H,6H2,1-2H3/b13-12+. The molecule has 0 spiro atoms. The van der Waals surface area contributed by atoms with Gasteiger partial charge in [0.05, 0.1) is 5.69 Å². The number of benzene rings is 1. The first-order chi connectivity index (χ1) is 7.63. The Hall–Kier alpha value is -1.62. The van der Waals surface area contributed by atoms with Crippen LogP contribution in [0.15, 0.2) is 28.5 Å². The Morgan fingerprint density at radius 1 is 1.56 bits per heavy atom. The van der Waals surface area contributed by atoms with E-state index in [9.17, 15) is 4.79 Å². The lowest BCUT2D eigenvalue weighted by Gasteiger charge is -2.08. The zero-order valence-corrected chi connectivity index (χ0v) is 9.81. The maximum atomic E-state index is 9.94. The average molecular weight is 242 g/mol. The largest absolute Gasteiger partial charge is 0.445 e. The summed E-state index contributed by atoms with van der Waals surface area (Å²) >= 11 is 5.81. The van der Waals surface area contributed by atoms with Crippen LogP contribution >= 0.6 is 11.6 Å². The van der Waals surface area contributed by atoms with Crippen LogP contribution in [-0.2, 0) is 9.53 Å². The van der Waals surface area contributed by atoms with Crippen LogP contribution in [0.25, 0.3) is 0 Å². The molecule has 0 aliphatic heterocycles. The van der Waals surface area contributed by atoms with Gasteiger partial charge in [-0.05, 0) is 30.7 Å². The molecule has 1 rings (SSSR count). The van der Waals surface area contributed by atoms with E-state index in [0.717, 1.165) is 11.3 Å². The summed E-state index contributed by atoms with van der Waals surface area (Å²) in [4.78, 5) is 9.94. The van der Waals surface area contributed by atoms with Gasteiger partial charge in [-0.15, -0.1) is 5.11 Å². The highest BCUT2D eigenvalue weighted by molar-refractivity contribution is 6.30. The van der Waals surface area contributed by atoms with Crippen LogP contribution in [0, 0.1) is 6.92 Å². The molecule has 1 aromatic carbocycles.